The van der Waals surface area contributed by atoms with Gasteiger partial charge in [-0.05, 0) is 49.9 Å². The minimum Gasteiger partial charge on any atom is -0.495 e. The third-order valence-electron chi connectivity index (χ3n) is 5.10. The Kier molecular flexibility index (Phi) is 8.66. The molecule has 0 bridgehead atoms. The van der Waals surface area contributed by atoms with E-state index in [9.17, 15) is 9.90 Å². The molecule has 5 nitrogen and oxygen atoms in total. The van der Waals surface area contributed by atoms with Crippen molar-refractivity contribution in [3.63, 3.8) is 0 Å². The summed E-state index contributed by atoms with van der Waals surface area (Å²) in [5.41, 5.74) is 1.91. The van der Waals surface area contributed by atoms with Crippen molar-refractivity contribution in [2.45, 2.75) is 52.3 Å². The molecule has 0 unspecified atom stereocenters. The monoisotopic (exact) mass is 476 g/mol. The fourth-order valence-corrected chi connectivity index (χ4v) is 3.04. The summed E-state index contributed by atoms with van der Waals surface area (Å²) >= 11 is 7.86. The highest BCUT2D eigenvalue weighted by Gasteiger charge is 2.29. The molecular formula is C25H33ClN2O3S. The third kappa shape index (κ3) is 7.17. The average Bonchev–Trinajstić information content (AvgIpc) is 3.04. The van der Waals surface area contributed by atoms with Crippen LogP contribution in [-0.2, 0) is 17.8 Å². The van der Waals surface area contributed by atoms with Gasteiger partial charge in [0.25, 0.3) is 0 Å². The van der Waals surface area contributed by atoms with E-state index in [0.717, 1.165) is 22.3 Å². The van der Waals surface area contributed by atoms with Crippen LogP contribution in [0.5, 0.6) is 5.75 Å². The van der Waals surface area contributed by atoms with E-state index < -0.39 is 11.4 Å². The van der Waals surface area contributed by atoms with Crippen molar-refractivity contribution >= 4 is 40.4 Å². The summed E-state index contributed by atoms with van der Waals surface area (Å²) < 4.78 is 7.78. The lowest BCUT2D eigenvalue weighted by Gasteiger charge is -2.20. The zero-order valence-corrected chi connectivity index (χ0v) is 21.5. The van der Waals surface area contributed by atoms with Gasteiger partial charge in [-0.25, -0.2) is 4.98 Å². The fourth-order valence-electron chi connectivity index (χ4n) is 2.91. The van der Waals surface area contributed by atoms with E-state index in [4.69, 9.17) is 16.3 Å². The van der Waals surface area contributed by atoms with Crippen molar-refractivity contribution in [3.05, 3.63) is 58.9 Å². The molecule has 0 saturated heterocycles. The van der Waals surface area contributed by atoms with Crippen LogP contribution in [0.4, 0.5) is 0 Å². The highest BCUT2D eigenvalue weighted by molar-refractivity contribution is 7.99. The number of benzene rings is 1. The molecule has 0 saturated carbocycles. The van der Waals surface area contributed by atoms with Crippen LogP contribution in [0.25, 0.3) is 11.0 Å². The van der Waals surface area contributed by atoms with E-state index in [0.29, 0.717) is 28.5 Å². The molecule has 3 rings (SSSR count). The van der Waals surface area contributed by atoms with Crippen molar-refractivity contribution < 1.29 is 14.6 Å². The molecule has 1 aromatic carbocycles. The van der Waals surface area contributed by atoms with Crippen LogP contribution in [0.15, 0.2) is 42.6 Å². The smallest absolute Gasteiger partial charge is 0.309 e. The standard InChI is InChI=1S/C20H21ClN2O3.C5H12S/c1-20(2,19(24)25)10-16-8-14-9-17(26-3)11-22-18(14)23(16)12-13-4-6-15(21)7-5-13;1-5(2,3)6-4/h4-9,11H,10,12H2,1-3H3,(H,24,25);1-4H3. The van der Waals surface area contributed by atoms with Crippen molar-refractivity contribution in [3.8, 4) is 5.75 Å². The number of hydrogen-bond acceptors (Lipinski definition) is 4. The number of aliphatic carboxylic acids is 1. The molecule has 1 N–H and O–H groups in total. The zero-order valence-electron chi connectivity index (χ0n) is 19.9. The highest BCUT2D eigenvalue weighted by Crippen LogP contribution is 2.29. The van der Waals surface area contributed by atoms with Crippen molar-refractivity contribution in [2.24, 2.45) is 5.41 Å². The Hall–Kier alpha value is -2.18. The molecule has 0 aliphatic rings. The van der Waals surface area contributed by atoms with Gasteiger partial charge in [0.05, 0.1) is 18.7 Å². The predicted molar refractivity (Wildman–Crippen MR) is 135 cm³/mol. The van der Waals surface area contributed by atoms with Crippen LogP contribution < -0.4 is 4.74 Å². The van der Waals surface area contributed by atoms with E-state index in [1.807, 2.05) is 48.2 Å². The van der Waals surface area contributed by atoms with Gasteiger partial charge in [-0.15, -0.1) is 0 Å². The summed E-state index contributed by atoms with van der Waals surface area (Å²) in [6, 6.07) is 11.5. The van der Waals surface area contributed by atoms with E-state index in [1.54, 1.807) is 27.2 Å². The van der Waals surface area contributed by atoms with Gasteiger partial charge in [0.1, 0.15) is 11.4 Å². The van der Waals surface area contributed by atoms with Crippen LogP contribution in [0.1, 0.15) is 45.9 Å². The van der Waals surface area contributed by atoms with Gasteiger partial charge < -0.3 is 14.4 Å². The molecular weight excluding hydrogens is 444 g/mol. The van der Waals surface area contributed by atoms with Crippen LogP contribution in [0.2, 0.25) is 5.02 Å². The summed E-state index contributed by atoms with van der Waals surface area (Å²) in [5, 5.41) is 11.1. The van der Waals surface area contributed by atoms with Gasteiger partial charge in [0, 0.05) is 33.8 Å². The van der Waals surface area contributed by atoms with Gasteiger partial charge in [0.2, 0.25) is 0 Å². The van der Waals surface area contributed by atoms with Gasteiger partial charge >= 0.3 is 5.97 Å². The highest BCUT2D eigenvalue weighted by atomic mass is 35.5. The maximum atomic E-state index is 11.6. The summed E-state index contributed by atoms with van der Waals surface area (Å²) in [7, 11) is 1.60. The van der Waals surface area contributed by atoms with E-state index >= 15 is 0 Å². The second-order valence-corrected chi connectivity index (χ2v) is 11.4. The molecule has 0 radical (unpaired) electrons. The maximum absolute atomic E-state index is 11.6. The van der Waals surface area contributed by atoms with Crippen LogP contribution in [0, 0.1) is 5.41 Å². The largest absolute Gasteiger partial charge is 0.495 e. The van der Waals surface area contributed by atoms with Crippen molar-refractivity contribution in [1.29, 1.82) is 0 Å². The number of aromatic nitrogens is 2. The Balaban J connectivity index is 0.000000534. The Bertz CT molecular complexity index is 1050. The molecule has 32 heavy (non-hydrogen) atoms. The Labute approximate surface area is 200 Å². The Morgan fingerprint density at radius 3 is 2.25 bits per heavy atom. The van der Waals surface area contributed by atoms with E-state index in [1.165, 1.54) is 0 Å². The van der Waals surface area contributed by atoms with Gasteiger partial charge in [0.15, 0.2) is 0 Å². The molecule has 0 fully saturated rings. The molecule has 3 aromatic rings. The first kappa shape index (κ1) is 26.1. The molecule has 0 aliphatic carbocycles. The Morgan fingerprint density at radius 1 is 1.16 bits per heavy atom. The summed E-state index contributed by atoms with van der Waals surface area (Å²) in [6.45, 7) is 10.7. The van der Waals surface area contributed by atoms with Gasteiger partial charge in [-0.1, -0.05) is 44.5 Å². The van der Waals surface area contributed by atoms with Crippen LogP contribution in [0.3, 0.4) is 0 Å². The number of rotatable bonds is 6. The Morgan fingerprint density at radius 2 is 1.75 bits per heavy atom. The number of fused-ring (bicyclic) bond motifs is 1. The minimum atomic E-state index is -0.879. The molecule has 0 amide bonds. The fraction of sp³-hybridized carbons (Fsp3) is 0.440. The van der Waals surface area contributed by atoms with E-state index in [-0.39, 0.29) is 0 Å². The van der Waals surface area contributed by atoms with Crippen LogP contribution >= 0.6 is 23.4 Å². The van der Waals surface area contributed by atoms with Gasteiger partial charge in [-0.2, -0.15) is 11.8 Å². The summed E-state index contributed by atoms with van der Waals surface area (Å²) in [6.07, 6.45) is 4.20. The minimum absolute atomic E-state index is 0.397. The summed E-state index contributed by atoms with van der Waals surface area (Å²) in [4.78, 5) is 16.1. The van der Waals surface area contributed by atoms with Crippen LogP contribution in [-0.4, -0.2) is 38.7 Å². The number of carboxylic acid groups (broad SMARTS) is 1. The normalized spacial score (nSPS) is 11.8. The maximum Gasteiger partial charge on any atom is 0.309 e. The quantitative estimate of drug-likeness (QED) is 0.437. The predicted octanol–water partition coefficient (Wildman–Crippen LogP) is 6.55. The molecule has 7 heteroatoms. The number of halogens is 1. The summed E-state index contributed by atoms with van der Waals surface area (Å²) in [5.74, 6) is -0.156. The zero-order chi connectivity index (χ0) is 24.1. The van der Waals surface area contributed by atoms with E-state index in [2.05, 4.69) is 36.6 Å². The van der Waals surface area contributed by atoms with Gasteiger partial charge in [-0.3, -0.25) is 4.79 Å². The third-order valence-corrected chi connectivity index (χ3v) is 6.58. The van der Waals surface area contributed by atoms with Crippen molar-refractivity contribution in [2.75, 3.05) is 13.4 Å². The second kappa shape index (κ2) is 10.6. The first-order valence-corrected chi connectivity index (χ1v) is 12.0. The number of carbonyl (C=O) groups is 1. The first-order valence-electron chi connectivity index (χ1n) is 10.4. The van der Waals surface area contributed by atoms with Crippen molar-refractivity contribution in [1.82, 2.24) is 9.55 Å². The molecule has 0 atom stereocenters. The number of thioether (sulfide) groups is 1. The topological polar surface area (TPSA) is 64.3 Å². The lowest BCUT2D eigenvalue weighted by atomic mass is 9.88. The molecule has 0 aliphatic heterocycles. The number of pyridine rings is 1. The number of nitrogens with zero attached hydrogens (tertiary/aromatic N) is 2. The molecule has 0 spiro atoms. The SMILES string of the molecule is COc1cnc2c(c1)cc(CC(C)(C)C(=O)O)n2Cc1ccc(Cl)cc1.CSC(C)(C)C. The second-order valence-electron chi connectivity index (χ2n) is 9.32. The number of carboxylic acids is 1. The number of hydrogen-bond donors (Lipinski definition) is 1. The first-order chi connectivity index (χ1) is 14.9. The molecule has 2 heterocycles. The lowest BCUT2D eigenvalue weighted by molar-refractivity contribution is -0.146. The molecule has 2 aromatic heterocycles. The lowest BCUT2D eigenvalue weighted by Crippen LogP contribution is -2.27. The number of ether oxygens (including phenoxy) is 1. The average molecular weight is 477 g/mol. The molecule has 174 valence electrons. The number of methoxy groups -OCH3 is 1.